The molecule has 0 saturated heterocycles. The van der Waals surface area contributed by atoms with Gasteiger partial charge >= 0.3 is 0 Å². The molecule has 1 N–H and O–H groups in total. The highest BCUT2D eigenvalue weighted by Gasteiger charge is 2.13. The quantitative estimate of drug-likeness (QED) is 0.741. The summed E-state index contributed by atoms with van der Waals surface area (Å²) in [4.78, 5) is 11.2. The molecule has 108 valence electrons. The summed E-state index contributed by atoms with van der Waals surface area (Å²) in [5, 5.41) is 3.42. The summed E-state index contributed by atoms with van der Waals surface area (Å²) < 4.78 is 0. The summed E-state index contributed by atoms with van der Waals surface area (Å²) >= 11 is 0. The molecular formula is C15H28N4. The van der Waals surface area contributed by atoms with Gasteiger partial charge in [-0.1, -0.05) is 33.6 Å². The highest BCUT2D eigenvalue weighted by atomic mass is 15.2. The molecular weight excluding hydrogens is 236 g/mol. The summed E-state index contributed by atoms with van der Waals surface area (Å²) in [6.07, 6.45) is 7.33. The van der Waals surface area contributed by atoms with E-state index in [1.54, 1.807) is 6.33 Å². The van der Waals surface area contributed by atoms with Gasteiger partial charge in [-0.3, -0.25) is 0 Å². The minimum absolute atomic E-state index is 0.964. The van der Waals surface area contributed by atoms with E-state index in [1.165, 1.54) is 18.4 Å². The molecule has 1 rings (SSSR count). The van der Waals surface area contributed by atoms with Crippen molar-refractivity contribution in [1.82, 2.24) is 9.97 Å². The minimum atomic E-state index is 0.964. The normalized spacial score (nSPS) is 10.5. The molecule has 0 fully saturated rings. The van der Waals surface area contributed by atoms with Gasteiger partial charge in [0.25, 0.3) is 0 Å². The average molecular weight is 264 g/mol. The summed E-state index contributed by atoms with van der Waals surface area (Å²) in [5.41, 5.74) is 1.26. The molecule has 0 bridgehead atoms. The average Bonchev–Trinajstić information content (AvgIpc) is 2.43. The Balaban J connectivity index is 2.94. The van der Waals surface area contributed by atoms with Crippen molar-refractivity contribution >= 4 is 11.6 Å². The summed E-state index contributed by atoms with van der Waals surface area (Å²) in [5.74, 6) is 2.10. The number of rotatable bonds is 9. The maximum Gasteiger partial charge on any atom is 0.137 e. The third-order valence-electron chi connectivity index (χ3n) is 3.17. The Kier molecular flexibility index (Phi) is 7.23. The number of nitrogens with one attached hydrogen (secondary N) is 1. The fraction of sp³-hybridized carbons (Fsp3) is 0.733. The highest BCUT2D eigenvalue weighted by molar-refractivity contribution is 5.58. The summed E-state index contributed by atoms with van der Waals surface area (Å²) in [6, 6.07) is 0. The fourth-order valence-corrected chi connectivity index (χ4v) is 2.11. The van der Waals surface area contributed by atoms with E-state index >= 15 is 0 Å². The number of unbranched alkanes of at least 4 members (excludes halogenated alkanes) is 1. The van der Waals surface area contributed by atoms with Crippen molar-refractivity contribution in [3.63, 3.8) is 0 Å². The highest BCUT2D eigenvalue weighted by Crippen LogP contribution is 2.24. The number of hydrogen-bond donors (Lipinski definition) is 1. The zero-order valence-corrected chi connectivity index (χ0v) is 12.9. The largest absolute Gasteiger partial charge is 0.370 e. The van der Waals surface area contributed by atoms with Gasteiger partial charge in [0.1, 0.15) is 18.0 Å². The van der Waals surface area contributed by atoms with E-state index in [1.807, 2.05) is 0 Å². The topological polar surface area (TPSA) is 41.1 Å². The lowest BCUT2D eigenvalue weighted by Crippen LogP contribution is -2.22. The third-order valence-corrected chi connectivity index (χ3v) is 3.17. The molecule has 0 amide bonds. The van der Waals surface area contributed by atoms with Crippen LogP contribution in [-0.4, -0.2) is 30.1 Å². The van der Waals surface area contributed by atoms with Crippen molar-refractivity contribution in [3.8, 4) is 0 Å². The van der Waals surface area contributed by atoms with Crippen LogP contribution in [0, 0.1) is 0 Å². The van der Waals surface area contributed by atoms with Crippen LogP contribution >= 0.6 is 0 Å². The third kappa shape index (κ3) is 4.69. The zero-order valence-electron chi connectivity index (χ0n) is 12.9. The second-order valence-corrected chi connectivity index (χ2v) is 4.98. The van der Waals surface area contributed by atoms with Gasteiger partial charge in [-0.2, -0.15) is 0 Å². The Bertz CT molecular complexity index is 365. The molecule has 0 aliphatic rings. The number of hydrogen-bond acceptors (Lipinski definition) is 4. The van der Waals surface area contributed by atoms with Crippen LogP contribution in [0.3, 0.4) is 0 Å². The van der Waals surface area contributed by atoms with E-state index in [9.17, 15) is 0 Å². The van der Waals surface area contributed by atoms with E-state index in [0.717, 1.165) is 44.0 Å². The second-order valence-electron chi connectivity index (χ2n) is 4.98. The van der Waals surface area contributed by atoms with Gasteiger partial charge in [-0.15, -0.1) is 0 Å². The molecule has 1 heterocycles. The molecule has 0 aliphatic heterocycles. The van der Waals surface area contributed by atoms with Crippen LogP contribution in [0.2, 0.25) is 0 Å². The monoisotopic (exact) mass is 264 g/mol. The molecule has 1 aromatic heterocycles. The molecule has 0 unspecified atom stereocenters. The van der Waals surface area contributed by atoms with Gasteiger partial charge in [0.05, 0.1) is 0 Å². The van der Waals surface area contributed by atoms with Crippen molar-refractivity contribution in [1.29, 1.82) is 0 Å². The van der Waals surface area contributed by atoms with Gasteiger partial charge in [0.2, 0.25) is 0 Å². The lowest BCUT2D eigenvalue weighted by Gasteiger charge is -2.22. The number of nitrogens with zero attached hydrogens (tertiary/aromatic N) is 3. The van der Waals surface area contributed by atoms with Crippen LogP contribution in [-0.2, 0) is 6.42 Å². The van der Waals surface area contributed by atoms with E-state index in [0.29, 0.717) is 0 Å². The Morgan fingerprint density at radius 3 is 2.53 bits per heavy atom. The lowest BCUT2D eigenvalue weighted by molar-refractivity contribution is 0.750. The smallest absolute Gasteiger partial charge is 0.137 e. The van der Waals surface area contributed by atoms with Gasteiger partial charge in [-0.25, -0.2) is 9.97 Å². The van der Waals surface area contributed by atoms with E-state index in [2.05, 4.69) is 48.0 Å². The molecule has 0 aromatic carbocycles. The van der Waals surface area contributed by atoms with E-state index in [-0.39, 0.29) is 0 Å². The molecule has 19 heavy (non-hydrogen) atoms. The van der Waals surface area contributed by atoms with Gasteiger partial charge < -0.3 is 10.2 Å². The Hall–Kier alpha value is -1.32. The zero-order chi connectivity index (χ0) is 14.1. The molecule has 0 atom stereocenters. The van der Waals surface area contributed by atoms with Crippen LogP contribution in [0.1, 0.15) is 52.0 Å². The molecule has 4 nitrogen and oxygen atoms in total. The standard InChI is InChI=1S/C15H28N4/c1-5-8-11-19(4)15-13(9-6-2)14(16-10-7-3)17-12-18-15/h12H,5-11H2,1-4H3,(H,16,17,18). The Morgan fingerprint density at radius 1 is 1.11 bits per heavy atom. The molecule has 0 radical (unpaired) electrons. The first-order valence-electron chi connectivity index (χ1n) is 7.53. The van der Waals surface area contributed by atoms with Crippen molar-refractivity contribution in [2.45, 2.75) is 52.9 Å². The second kappa shape index (κ2) is 8.73. The summed E-state index contributed by atoms with van der Waals surface area (Å²) in [6.45, 7) is 8.60. The minimum Gasteiger partial charge on any atom is -0.370 e. The lowest BCUT2D eigenvalue weighted by atomic mass is 10.1. The molecule has 4 heteroatoms. The van der Waals surface area contributed by atoms with Crippen LogP contribution in [0.25, 0.3) is 0 Å². The van der Waals surface area contributed by atoms with E-state index < -0.39 is 0 Å². The first kappa shape index (κ1) is 15.7. The molecule has 0 spiro atoms. The summed E-state index contributed by atoms with van der Waals surface area (Å²) in [7, 11) is 2.13. The van der Waals surface area contributed by atoms with Crippen molar-refractivity contribution in [2.75, 3.05) is 30.4 Å². The maximum absolute atomic E-state index is 4.49. The molecule has 0 saturated carbocycles. The SMILES string of the molecule is CCCCN(C)c1ncnc(NCCC)c1CCC. The van der Waals surface area contributed by atoms with Gasteiger partial charge in [-0.05, 0) is 19.3 Å². The predicted octanol–water partition coefficient (Wildman–Crippen LogP) is 3.49. The Morgan fingerprint density at radius 2 is 1.89 bits per heavy atom. The first-order chi connectivity index (χ1) is 9.24. The molecule has 1 aromatic rings. The Labute approximate surface area is 117 Å². The first-order valence-corrected chi connectivity index (χ1v) is 7.53. The van der Waals surface area contributed by atoms with Crippen LogP contribution < -0.4 is 10.2 Å². The predicted molar refractivity (Wildman–Crippen MR) is 83.0 cm³/mol. The molecule has 0 aliphatic carbocycles. The fourth-order valence-electron chi connectivity index (χ4n) is 2.11. The number of anilines is 2. The van der Waals surface area contributed by atoms with Crippen molar-refractivity contribution in [2.24, 2.45) is 0 Å². The van der Waals surface area contributed by atoms with Crippen LogP contribution in [0.15, 0.2) is 6.33 Å². The number of aromatic nitrogens is 2. The van der Waals surface area contributed by atoms with E-state index in [4.69, 9.17) is 0 Å². The van der Waals surface area contributed by atoms with Crippen molar-refractivity contribution in [3.05, 3.63) is 11.9 Å². The van der Waals surface area contributed by atoms with Crippen LogP contribution in [0.4, 0.5) is 11.6 Å². The van der Waals surface area contributed by atoms with Crippen molar-refractivity contribution < 1.29 is 0 Å². The maximum atomic E-state index is 4.49. The van der Waals surface area contributed by atoms with Crippen LogP contribution in [0.5, 0.6) is 0 Å². The van der Waals surface area contributed by atoms with Gasteiger partial charge in [0.15, 0.2) is 0 Å². The van der Waals surface area contributed by atoms with Gasteiger partial charge in [0, 0.05) is 25.7 Å².